The number of hydrogen-bond acceptors (Lipinski definition) is 2. The highest BCUT2D eigenvalue weighted by molar-refractivity contribution is 6.33. The van der Waals surface area contributed by atoms with Crippen molar-refractivity contribution in [1.29, 1.82) is 0 Å². The molecule has 2 aromatic heterocycles. The Bertz CT molecular complexity index is 2710. The minimum absolute atomic E-state index is 1.03. The van der Waals surface area contributed by atoms with Crippen molar-refractivity contribution in [1.82, 2.24) is 9.55 Å². The first-order chi connectivity index (χ1) is 23.8. The number of pyridine rings is 1. The Morgan fingerprint density at radius 2 is 1.04 bits per heavy atom. The molecule has 8 aromatic carbocycles. The van der Waals surface area contributed by atoms with Crippen LogP contribution in [0.25, 0.3) is 71.1 Å². The third kappa shape index (κ3) is 3.98. The van der Waals surface area contributed by atoms with Gasteiger partial charge in [0.25, 0.3) is 0 Å². The molecule has 0 saturated heterocycles. The Balaban J connectivity index is 1.17. The quantitative estimate of drug-likeness (QED) is 0.181. The average Bonchev–Trinajstić information content (AvgIpc) is 3.49. The van der Waals surface area contributed by atoms with Gasteiger partial charge in [0.1, 0.15) is 0 Å². The first-order valence-corrected chi connectivity index (χ1v) is 16.4. The van der Waals surface area contributed by atoms with E-state index in [1.807, 2.05) is 12.3 Å². The van der Waals surface area contributed by atoms with Crippen molar-refractivity contribution in [2.24, 2.45) is 0 Å². The second kappa shape index (κ2) is 10.5. The molecule has 0 aliphatic heterocycles. The van der Waals surface area contributed by atoms with Crippen molar-refractivity contribution in [2.45, 2.75) is 0 Å². The van der Waals surface area contributed by atoms with Gasteiger partial charge in [0.15, 0.2) is 0 Å². The zero-order valence-electron chi connectivity index (χ0n) is 26.1. The molecule has 48 heavy (non-hydrogen) atoms. The molecule has 10 aromatic rings. The van der Waals surface area contributed by atoms with Crippen LogP contribution in [-0.2, 0) is 0 Å². The molecule has 0 spiro atoms. The van der Waals surface area contributed by atoms with Gasteiger partial charge in [0.2, 0.25) is 0 Å². The van der Waals surface area contributed by atoms with Crippen LogP contribution in [-0.4, -0.2) is 9.55 Å². The highest BCUT2D eigenvalue weighted by atomic mass is 15.1. The van der Waals surface area contributed by atoms with Gasteiger partial charge in [-0.25, -0.2) is 0 Å². The molecule has 0 atom stereocenters. The van der Waals surface area contributed by atoms with Crippen molar-refractivity contribution in [2.75, 3.05) is 4.90 Å². The summed E-state index contributed by atoms with van der Waals surface area (Å²) in [6.07, 6.45) is 1.91. The molecule has 3 heteroatoms. The van der Waals surface area contributed by atoms with Gasteiger partial charge in [0.05, 0.1) is 16.6 Å². The van der Waals surface area contributed by atoms with Crippen LogP contribution in [0, 0.1) is 0 Å². The Kier molecular flexibility index (Phi) is 5.87. The summed E-state index contributed by atoms with van der Waals surface area (Å²) < 4.78 is 2.35. The van der Waals surface area contributed by atoms with Gasteiger partial charge >= 0.3 is 0 Å². The molecule has 0 N–H and O–H groups in total. The van der Waals surface area contributed by atoms with E-state index in [1.54, 1.807) is 0 Å². The van der Waals surface area contributed by atoms with E-state index in [9.17, 15) is 0 Å². The smallest absolute Gasteiger partial charge is 0.0969 e. The van der Waals surface area contributed by atoms with Crippen LogP contribution in [0.1, 0.15) is 0 Å². The van der Waals surface area contributed by atoms with E-state index in [1.165, 1.54) is 54.3 Å². The summed E-state index contributed by atoms with van der Waals surface area (Å²) in [4.78, 5) is 7.25. The van der Waals surface area contributed by atoms with Crippen LogP contribution < -0.4 is 4.90 Å². The maximum absolute atomic E-state index is 4.94. The topological polar surface area (TPSA) is 21.1 Å². The van der Waals surface area contributed by atoms with E-state index in [0.29, 0.717) is 0 Å². The van der Waals surface area contributed by atoms with Gasteiger partial charge < -0.3 is 9.47 Å². The first kappa shape index (κ1) is 26.7. The van der Waals surface area contributed by atoms with Crippen LogP contribution in [0.4, 0.5) is 17.1 Å². The van der Waals surface area contributed by atoms with Crippen LogP contribution in [0.3, 0.4) is 0 Å². The maximum Gasteiger partial charge on any atom is 0.0969 e. The molecule has 0 unspecified atom stereocenters. The van der Waals surface area contributed by atoms with Gasteiger partial charge in [-0.15, -0.1) is 0 Å². The highest BCUT2D eigenvalue weighted by Gasteiger charge is 2.20. The number of rotatable bonds is 5. The lowest BCUT2D eigenvalue weighted by molar-refractivity contribution is 1.18. The molecular weight excluding hydrogens is 583 g/mol. The molecule has 0 bridgehead atoms. The summed E-state index contributed by atoms with van der Waals surface area (Å²) in [5.41, 5.74) is 10.3. The number of hydrogen-bond donors (Lipinski definition) is 0. The lowest BCUT2D eigenvalue weighted by atomic mass is 9.88. The van der Waals surface area contributed by atoms with Crippen LogP contribution in [0.5, 0.6) is 0 Å². The average molecular weight is 612 g/mol. The van der Waals surface area contributed by atoms with E-state index < -0.39 is 0 Å². The van der Waals surface area contributed by atoms with Crippen LogP contribution >= 0.6 is 0 Å². The Hall–Kier alpha value is -6.45. The molecule has 224 valence electrons. The molecule has 0 aliphatic rings. The second-order valence-electron chi connectivity index (χ2n) is 12.4. The number of para-hydroxylation sites is 3. The standard InChI is InChI=1S/C45H29N3/c1-4-11-33(12-5-1)47(34-13-6-2-7-14-34)36-23-18-30(19-24-36)37-25-20-31-21-27-39-43-32(22-26-38(37)42(31)43)29-41-44(39)45-40(17-10-28-46-45)48(41)35-15-8-3-9-16-35/h1-29H. The third-order valence-electron chi connectivity index (χ3n) is 9.75. The number of anilines is 3. The molecule has 3 nitrogen and oxygen atoms in total. The summed E-state index contributed by atoms with van der Waals surface area (Å²) in [6, 6.07) is 61.0. The second-order valence-corrected chi connectivity index (χ2v) is 12.4. The highest BCUT2D eigenvalue weighted by Crippen LogP contribution is 2.45. The van der Waals surface area contributed by atoms with Gasteiger partial charge in [0, 0.05) is 34.3 Å². The predicted molar refractivity (Wildman–Crippen MR) is 202 cm³/mol. The predicted octanol–water partition coefficient (Wildman–Crippen LogP) is 12.2. The fourth-order valence-corrected chi connectivity index (χ4v) is 7.68. The van der Waals surface area contributed by atoms with Crippen molar-refractivity contribution in [3.05, 3.63) is 176 Å². The fraction of sp³-hybridized carbons (Fsp3) is 0. The Morgan fingerprint density at radius 3 is 1.77 bits per heavy atom. The molecule has 0 amide bonds. The van der Waals surface area contributed by atoms with Gasteiger partial charge in [-0.1, -0.05) is 103 Å². The lowest BCUT2D eigenvalue weighted by Crippen LogP contribution is -2.09. The molecular formula is C45H29N3. The minimum atomic E-state index is 1.03. The van der Waals surface area contributed by atoms with Crippen molar-refractivity contribution < 1.29 is 0 Å². The first-order valence-electron chi connectivity index (χ1n) is 16.4. The third-order valence-corrected chi connectivity index (χ3v) is 9.75. The van der Waals surface area contributed by atoms with Crippen LogP contribution in [0.15, 0.2) is 176 Å². The molecule has 0 aliphatic carbocycles. The van der Waals surface area contributed by atoms with E-state index >= 15 is 0 Å². The largest absolute Gasteiger partial charge is 0.311 e. The maximum atomic E-state index is 4.94. The van der Waals surface area contributed by atoms with E-state index in [0.717, 1.165) is 33.8 Å². The molecule has 0 radical (unpaired) electrons. The van der Waals surface area contributed by atoms with Gasteiger partial charge in [-0.2, -0.15) is 0 Å². The lowest BCUT2D eigenvalue weighted by Gasteiger charge is -2.25. The van der Waals surface area contributed by atoms with Crippen molar-refractivity contribution in [3.8, 4) is 16.8 Å². The number of benzene rings is 8. The summed E-state index contributed by atoms with van der Waals surface area (Å²) in [6.45, 7) is 0. The molecule has 0 saturated carbocycles. The number of nitrogens with zero attached hydrogens (tertiary/aromatic N) is 3. The number of fused-ring (bicyclic) bond motifs is 4. The zero-order chi connectivity index (χ0) is 31.6. The fourth-order valence-electron chi connectivity index (χ4n) is 7.68. The van der Waals surface area contributed by atoms with E-state index in [2.05, 4.69) is 173 Å². The Morgan fingerprint density at radius 1 is 0.438 bits per heavy atom. The van der Waals surface area contributed by atoms with E-state index in [4.69, 9.17) is 4.98 Å². The molecule has 0 fully saturated rings. The van der Waals surface area contributed by atoms with Gasteiger partial charge in [-0.3, -0.25) is 4.98 Å². The van der Waals surface area contributed by atoms with Crippen molar-refractivity contribution in [3.63, 3.8) is 0 Å². The van der Waals surface area contributed by atoms with Crippen LogP contribution in [0.2, 0.25) is 0 Å². The summed E-state index contributed by atoms with van der Waals surface area (Å²) in [7, 11) is 0. The van der Waals surface area contributed by atoms with E-state index in [-0.39, 0.29) is 0 Å². The monoisotopic (exact) mass is 611 g/mol. The van der Waals surface area contributed by atoms with Gasteiger partial charge in [-0.05, 0) is 110 Å². The summed E-state index contributed by atoms with van der Waals surface area (Å²) in [5, 5.41) is 8.81. The molecule has 10 rings (SSSR count). The minimum Gasteiger partial charge on any atom is -0.311 e. The SMILES string of the molecule is c1ccc(N(c2ccccc2)c2ccc(-c3ccc4ccc5c6c(ccc3c46)cc3c5c4ncccc4n3-c3ccccc3)cc2)cc1. The summed E-state index contributed by atoms with van der Waals surface area (Å²) in [5.74, 6) is 0. The number of aromatic nitrogens is 2. The summed E-state index contributed by atoms with van der Waals surface area (Å²) >= 11 is 0. The Labute approximate surface area is 277 Å². The zero-order valence-corrected chi connectivity index (χ0v) is 26.1. The normalized spacial score (nSPS) is 11.8. The molecule has 2 heterocycles. The van der Waals surface area contributed by atoms with Crippen molar-refractivity contribution >= 4 is 71.3 Å².